The molecule has 2 heterocycles. The van der Waals surface area contributed by atoms with Gasteiger partial charge >= 0.3 is 5.97 Å². The molecule has 1 aliphatic rings. The minimum atomic E-state index is -0.770. The van der Waals surface area contributed by atoms with Crippen molar-refractivity contribution in [2.45, 2.75) is 19.9 Å². The molecule has 9 heteroatoms. The number of rotatable bonds is 7. The molecule has 1 aromatic heterocycles. The van der Waals surface area contributed by atoms with Gasteiger partial charge in [-0.3, -0.25) is 9.36 Å². The maximum atomic E-state index is 13.7. The molecule has 0 amide bonds. The molecule has 0 bridgehead atoms. The number of aromatic nitrogens is 1. The van der Waals surface area contributed by atoms with E-state index in [1.54, 1.807) is 51.3 Å². The lowest BCUT2D eigenvalue weighted by Gasteiger charge is -2.25. The lowest BCUT2D eigenvalue weighted by Crippen LogP contribution is -2.40. The van der Waals surface area contributed by atoms with Crippen molar-refractivity contribution in [3.8, 4) is 17.6 Å². The summed E-state index contributed by atoms with van der Waals surface area (Å²) in [4.78, 5) is 31.8. The van der Waals surface area contributed by atoms with Gasteiger partial charge < -0.3 is 14.2 Å². The molecule has 0 radical (unpaired) electrons. The maximum Gasteiger partial charge on any atom is 0.338 e. The number of ether oxygens (including phenoxy) is 3. The largest absolute Gasteiger partial charge is 0.496 e. The van der Waals surface area contributed by atoms with E-state index in [0.29, 0.717) is 37.7 Å². The number of thiazole rings is 1. The number of hydrogen-bond acceptors (Lipinski definition) is 8. The Labute approximate surface area is 205 Å². The van der Waals surface area contributed by atoms with Crippen molar-refractivity contribution in [3.05, 3.63) is 90.6 Å². The molecule has 0 N–H and O–H groups in total. The molecule has 35 heavy (non-hydrogen) atoms. The second-order valence-electron chi connectivity index (χ2n) is 7.53. The van der Waals surface area contributed by atoms with Crippen LogP contribution in [0.1, 0.15) is 31.0 Å². The van der Waals surface area contributed by atoms with E-state index in [9.17, 15) is 9.59 Å². The fourth-order valence-electron chi connectivity index (χ4n) is 3.96. The van der Waals surface area contributed by atoms with Gasteiger partial charge in [0, 0.05) is 11.1 Å². The second-order valence-corrected chi connectivity index (χ2v) is 8.54. The third kappa shape index (κ3) is 4.61. The lowest BCUT2D eigenvalue weighted by molar-refractivity contribution is -0.139. The average Bonchev–Trinajstić information content (AvgIpc) is 3.17. The highest BCUT2D eigenvalue weighted by molar-refractivity contribution is 7.07. The normalized spacial score (nSPS) is 15.1. The van der Waals surface area contributed by atoms with E-state index in [0.717, 1.165) is 0 Å². The molecule has 4 rings (SSSR count). The first-order chi connectivity index (χ1) is 17.0. The SMILES string of the molecule is CCOC(=O)C1=C(C)N=c2s/c(=C\c3ccccc3OCC#N)c(=O)n2[C@H]1c1ccccc1OC. The van der Waals surface area contributed by atoms with Crippen molar-refractivity contribution in [1.82, 2.24) is 4.57 Å². The van der Waals surface area contributed by atoms with E-state index in [1.165, 1.54) is 15.9 Å². The van der Waals surface area contributed by atoms with E-state index < -0.39 is 12.0 Å². The third-order valence-electron chi connectivity index (χ3n) is 5.45. The standard InChI is InChI=1S/C26H23N3O5S/c1-4-33-25(31)22-16(2)28-26-29(23(22)18-10-6-8-12-20(18)32-3)24(30)21(35-26)15-17-9-5-7-11-19(17)34-14-13-27/h5-12,15,23H,4,14H2,1-3H3/b21-15-/t23-/m0/s1. The molecule has 0 fully saturated rings. The number of hydrogen-bond donors (Lipinski definition) is 0. The smallest absolute Gasteiger partial charge is 0.338 e. The van der Waals surface area contributed by atoms with E-state index in [2.05, 4.69) is 4.99 Å². The van der Waals surface area contributed by atoms with Crippen LogP contribution in [0.4, 0.5) is 0 Å². The summed E-state index contributed by atoms with van der Waals surface area (Å²) in [5, 5.41) is 8.87. The van der Waals surface area contributed by atoms with Crippen molar-refractivity contribution >= 4 is 23.4 Å². The molecule has 0 saturated heterocycles. The van der Waals surface area contributed by atoms with Crippen molar-refractivity contribution in [2.24, 2.45) is 4.99 Å². The van der Waals surface area contributed by atoms with Gasteiger partial charge in [-0.05, 0) is 32.1 Å². The highest BCUT2D eigenvalue weighted by Crippen LogP contribution is 2.35. The number of nitrogens with zero attached hydrogens (tertiary/aromatic N) is 3. The van der Waals surface area contributed by atoms with Crippen LogP contribution in [0.3, 0.4) is 0 Å². The van der Waals surface area contributed by atoms with E-state index in [4.69, 9.17) is 19.5 Å². The Morgan fingerprint density at radius 3 is 2.63 bits per heavy atom. The van der Waals surface area contributed by atoms with Crippen LogP contribution in [-0.2, 0) is 9.53 Å². The summed E-state index contributed by atoms with van der Waals surface area (Å²) < 4.78 is 18.3. The Morgan fingerprint density at radius 1 is 1.20 bits per heavy atom. The average molecular weight is 490 g/mol. The molecule has 0 unspecified atom stereocenters. The van der Waals surface area contributed by atoms with Gasteiger partial charge in [0.1, 0.15) is 23.6 Å². The molecule has 0 spiro atoms. The van der Waals surface area contributed by atoms with E-state index in [-0.39, 0.29) is 24.3 Å². The molecule has 2 aromatic carbocycles. The van der Waals surface area contributed by atoms with Crippen LogP contribution < -0.4 is 24.4 Å². The fraction of sp³-hybridized carbons (Fsp3) is 0.231. The zero-order valence-electron chi connectivity index (χ0n) is 19.5. The Balaban J connectivity index is 1.96. The number of allylic oxidation sites excluding steroid dienone is 1. The topological polar surface area (TPSA) is 103 Å². The number of carbonyl (C=O) groups is 1. The van der Waals surface area contributed by atoms with Crippen molar-refractivity contribution in [1.29, 1.82) is 5.26 Å². The minimum Gasteiger partial charge on any atom is -0.496 e. The quantitative estimate of drug-likeness (QED) is 0.473. The van der Waals surface area contributed by atoms with Crippen LogP contribution in [0.15, 0.2) is 69.6 Å². The summed E-state index contributed by atoms with van der Waals surface area (Å²) in [7, 11) is 1.54. The maximum absolute atomic E-state index is 13.7. The number of fused-ring (bicyclic) bond motifs is 1. The van der Waals surface area contributed by atoms with Gasteiger partial charge in [0.25, 0.3) is 5.56 Å². The van der Waals surface area contributed by atoms with Gasteiger partial charge in [0.2, 0.25) is 0 Å². The highest BCUT2D eigenvalue weighted by atomic mass is 32.1. The van der Waals surface area contributed by atoms with Crippen molar-refractivity contribution in [2.75, 3.05) is 20.3 Å². The Bertz CT molecular complexity index is 1530. The van der Waals surface area contributed by atoms with E-state index >= 15 is 0 Å². The fourth-order valence-corrected chi connectivity index (χ4v) is 5.00. The number of benzene rings is 2. The van der Waals surface area contributed by atoms with Gasteiger partial charge in [-0.25, -0.2) is 9.79 Å². The summed E-state index contributed by atoms with van der Waals surface area (Å²) in [5.74, 6) is 0.498. The number of carbonyl (C=O) groups excluding carboxylic acids is 1. The van der Waals surface area contributed by atoms with Gasteiger partial charge in [-0.15, -0.1) is 0 Å². The first kappa shape index (κ1) is 24.0. The summed E-state index contributed by atoms with van der Waals surface area (Å²) in [6.45, 7) is 3.55. The van der Waals surface area contributed by atoms with Crippen LogP contribution in [0.25, 0.3) is 6.08 Å². The highest BCUT2D eigenvalue weighted by Gasteiger charge is 2.34. The summed E-state index contributed by atoms with van der Waals surface area (Å²) in [6.07, 6.45) is 1.71. The van der Waals surface area contributed by atoms with Crippen LogP contribution in [0.2, 0.25) is 0 Å². The van der Waals surface area contributed by atoms with Crippen molar-refractivity contribution in [3.63, 3.8) is 0 Å². The van der Waals surface area contributed by atoms with Gasteiger partial charge in [-0.2, -0.15) is 5.26 Å². The first-order valence-electron chi connectivity index (χ1n) is 10.9. The molecular weight excluding hydrogens is 466 g/mol. The molecule has 0 aliphatic carbocycles. The minimum absolute atomic E-state index is 0.109. The van der Waals surface area contributed by atoms with Crippen LogP contribution in [0, 0.1) is 11.3 Å². The van der Waals surface area contributed by atoms with Crippen molar-refractivity contribution < 1.29 is 19.0 Å². The third-order valence-corrected chi connectivity index (χ3v) is 6.43. The molecule has 3 aromatic rings. The Kier molecular flexibility index (Phi) is 7.13. The number of methoxy groups -OCH3 is 1. The summed E-state index contributed by atoms with van der Waals surface area (Å²) in [6, 6.07) is 15.6. The predicted molar refractivity (Wildman–Crippen MR) is 131 cm³/mol. The monoisotopic (exact) mass is 489 g/mol. The zero-order valence-corrected chi connectivity index (χ0v) is 20.3. The number of para-hydroxylation sites is 2. The molecule has 8 nitrogen and oxygen atoms in total. The van der Waals surface area contributed by atoms with Gasteiger partial charge in [0.05, 0.1) is 29.5 Å². The summed E-state index contributed by atoms with van der Waals surface area (Å²) in [5.41, 5.74) is 1.76. The lowest BCUT2D eigenvalue weighted by atomic mass is 9.95. The van der Waals surface area contributed by atoms with Crippen LogP contribution in [0.5, 0.6) is 11.5 Å². The Hall–Kier alpha value is -4.16. The molecule has 1 aliphatic heterocycles. The molecule has 1 atom stereocenters. The molecule has 0 saturated carbocycles. The summed E-state index contributed by atoms with van der Waals surface area (Å²) >= 11 is 1.21. The Morgan fingerprint density at radius 2 is 1.91 bits per heavy atom. The van der Waals surface area contributed by atoms with Gasteiger partial charge in [-0.1, -0.05) is 47.7 Å². The first-order valence-corrected chi connectivity index (χ1v) is 11.7. The molecule has 178 valence electrons. The van der Waals surface area contributed by atoms with Crippen LogP contribution >= 0.6 is 11.3 Å². The number of nitriles is 1. The second kappa shape index (κ2) is 10.4. The van der Waals surface area contributed by atoms with E-state index in [1.807, 2.05) is 30.3 Å². The predicted octanol–water partition coefficient (Wildman–Crippen LogP) is 2.71. The van der Waals surface area contributed by atoms with Gasteiger partial charge in [0.15, 0.2) is 11.4 Å². The zero-order chi connectivity index (χ0) is 24.9. The van der Waals surface area contributed by atoms with Crippen LogP contribution in [-0.4, -0.2) is 30.9 Å². The molecular formula is C26H23N3O5S. The number of esters is 1.